The second kappa shape index (κ2) is 6.77. The molecule has 6 nitrogen and oxygen atoms in total. The lowest BCUT2D eigenvalue weighted by Crippen LogP contribution is -2.44. The summed E-state index contributed by atoms with van der Waals surface area (Å²) in [6.45, 7) is 3.30. The average molecular weight is 363 g/mol. The predicted octanol–water partition coefficient (Wildman–Crippen LogP) is 2.65. The van der Waals surface area contributed by atoms with Crippen molar-refractivity contribution in [2.45, 2.75) is 50.6 Å². The van der Waals surface area contributed by atoms with E-state index >= 15 is 0 Å². The van der Waals surface area contributed by atoms with Crippen LogP contribution in [0.25, 0.3) is 0 Å². The molecule has 2 fully saturated rings. The first-order valence-electron chi connectivity index (χ1n) is 8.50. The van der Waals surface area contributed by atoms with Crippen molar-refractivity contribution in [2.24, 2.45) is 5.73 Å². The number of carbonyl (C=O) groups is 1. The van der Waals surface area contributed by atoms with Crippen molar-refractivity contribution in [2.75, 3.05) is 6.54 Å². The summed E-state index contributed by atoms with van der Waals surface area (Å²) >= 11 is 0. The molecule has 2 aromatic rings. The van der Waals surface area contributed by atoms with Crippen LogP contribution in [0.5, 0.6) is 0 Å². The number of carbonyl (C=O) groups excluding carboxylic acids is 1. The first-order valence-corrected chi connectivity index (χ1v) is 8.50. The molecule has 1 saturated carbocycles. The zero-order chi connectivity index (χ0) is 16.7. The fraction of sp³-hybridized carbons (Fsp3) is 0.500. The van der Waals surface area contributed by atoms with E-state index in [-0.39, 0.29) is 24.2 Å². The quantitative estimate of drug-likeness (QED) is 0.903. The molecule has 7 heteroatoms. The lowest BCUT2D eigenvalue weighted by Gasteiger charge is -2.34. The highest BCUT2D eigenvalue weighted by Crippen LogP contribution is 2.38. The smallest absolute Gasteiger partial charge is 0.232 e. The van der Waals surface area contributed by atoms with Crippen LogP contribution in [0.1, 0.15) is 54.4 Å². The average Bonchev–Trinajstić information content (AvgIpc) is 3.15. The van der Waals surface area contributed by atoms with Crippen molar-refractivity contribution >= 4 is 18.3 Å². The Morgan fingerprint density at radius 1 is 1.32 bits per heavy atom. The fourth-order valence-corrected chi connectivity index (χ4v) is 3.39. The summed E-state index contributed by atoms with van der Waals surface area (Å²) in [5.74, 6) is 1.23. The molecule has 134 valence electrons. The Labute approximate surface area is 153 Å². The first-order chi connectivity index (χ1) is 11.5. The molecule has 1 saturated heterocycles. The molecule has 2 heterocycles. The van der Waals surface area contributed by atoms with Crippen LogP contribution in [0, 0.1) is 6.92 Å². The Kier molecular flexibility index (Phi) is 4.84. The monoisotopic (exact) mass is 362 g/mol. The molecule has 0 spiro atoms. The summed E-state index contributed by atoms with van der Waals surface area (Å²) in [6.07, 6.45) is 3.32. The zero-order valence-corrected chi connectivity index (χ0v) is 15.1. The van der Waals surface area contributed by atoms with Crippen LogP contribution in [0.4, 0.5) is 0 Å². The molecule has 1 atom stereocenters. The SMILES string of the molecule is Cc1ccc(CN2CC(c3nc(C4(N)CCC4)no3)CC2=O)cc1.Cl. The number of benzene rings is 1. The van der Waals surface area contributed by atoms with E-state index < -0.39 is 5.54 Å². The van der Waals surface area contributed by atoms with E-state index in [0.717, 1.165) is 24.8 Å². The second-order valence-electron chi connectivity index (χ2n) is 7.13. The molecule has 1 aromatic carbocycles. The largest absolute Gasteiger partial charge is 0.339 e. The number of hydrogen-bond donors (Lipinski definition) is 1. The van der Waals surface area contributed by atoms with Gasteiger partial charge in [0.25, 0.3) is 0 Å². The van der Waals surface area contributed by atoms with Gasteiger partial charge in [-0.1, -0.05) is 35.0 Å². The van der Waals surface area contributed by atoms with Gasteiger partial charge in [-0.25, -0.2) is 0 Å². The van der Waals surface area contributed by atoms with Gasteiger partial charge < -0.3 is 15.2 Å². The Morgan fingerprint density at radius 2 is 2.04 bits per heavy atom. The van der Waals surface area contributed by atoms with Crippen molar-refractivity contribution < 1.29 is 9.32 Å². The number of aryl methyl sites for hydroxylation is 1. The lowest BCUT2D eigenvalue weighted by atomic mass is 9.77. The van der Waals surface area contributed by atoms with Gasteiger partial charge in [-0.15, -0.1) is 12.4 Å². The highest BCUT2D eigenvalue weighted by Gasteiger charge is 2.41. The Hall–Kier alpha value is -1.92. The summed E-state index contributed by atoms with van der Waals surface area (Å²) in [5, 5.41) is 4.06. The van der Waals surface area contributed by atoms with Crippen molar-refractivity contribution in [3.05, 3.63) is 47.1 Å². The second-order valence-corrected chi connectivity index (χ2v) is 7.13. The van der Waals surface area contributed by atoms with Gasteiger partial charge in [0.05, 0.1) is 11.5 Å². The van der Waals surface area contributed by atoms with Crippen molar-refractivity contribution in [1.82, 2.24) is 15.0 Å². The van der Waals surface area contributed by atoms with E-state index in [9.17, 15) is 4.79 Å². The third kappa shape index (κ3) is 3.41. The van der Waals surface area contributed by atoms with Crippen LogP contribution in [0.15, 0.2) is 28.8 Å². The van der Waals surface area contributed by atoms with Gasteiger partial charge in [-0.3, -0.25) is 4.79 Å². The van der Waals surface area contributed by atoms with Gasteiger partial charge in [0.15, 0.2) is 5.82 Å². The van der Waals surface area contributed by atoms with E-state index in [4.69, 9.17) is 10.3 Å². The highest BCUT2D eigenvalue weighted by molar-refractivity contribution is 5.85. The number of rotatable bonds is 4. The van der Waals surface area contributed by atoms with Gasteiger partial charge in [0.2, 0.25) is 11.8 Å². The van der Waals surface area contributed by atoms with E-state index in [0.29, 0.717) is 31.2 Å². The summed E-state index contributed by atoms with van der Waals surface area (Å²) in [5.41, 5.74) is 8.17. The molecule has 4 rings (SSSR count). The molecular formula is C18H23ClN4O2. The predicted molar refractivity (Wildman–Crippen MR) is 95.2 cm³/mol. The lowest BCUT2D eigenvalue weighted by molar-refractivity contribution is -0.128. The van der Waals surface area contributed by atoms with E-state index in [1.807, 2.05) is 4.90 Å². The number of nitrogens with two attached hydrogens (primary N) is 1. The maximum atomic E-state index is 12.3. The van der Waals surface area contributed by atoms with Gasteiger partial charge in [0.1, 0.15) is 0 Å². The molecule has 1 aliphatic heterocycles. The van der Waals surface area contributed by atoms with E-state index in [1.165, 1.54) is 5.56 Å². The van der Waals surface area contributed by atoms with Crippen LogP contribution in [-0.4, -0.2) is 27.5 Å². The van der Waals surface area contributed by atoms with Crippen molar-refractivity contribution in [3.63, 3.8) is 0 Å². The number of halogens is 1. The van der Waals surface area contributed by atoms with Crippen LogP contribution in [-0.2, 0) is 16.9 Å². The number of nitrogens with zero attached hydrogens (tertiary/aromatic N) is 3. The highest BCUT2D eigenvalue weighted by atomic mass is 35.5. The standard InChI is InChI=1S/C18H22N4O2.ClH/c1-12-3-5-13(6-4-12)10-22-11-14(9-15(22)23)16-20-17(21-24-16)18(19)7-2-8-18;/h3-6,14H,2,7-11,19H2,1H3;1H. The maximum absolute atomic E-state index is 12.3. The molecule has 1 unspecified atom stereocenters. The van der Waals surface area contributed by atoms with E-state index in [2.05, 4.69) is 41.3 Å². The molecule has 0 radical (unpaired) electrons. The number of likely N-dealkylation sites (tertiary alicyclic amines) is 1. The first kappa shape index (κ1) is 17.9. The minimum atomic E-state index is -0.425. The molecule has 1 aromatic heterocycles. The van der Waals surface area contributed by atoms with Crippen LogP contribution in [0.3, 0.4) is 0 Å². The molecule has 25 heavy (non-hydrogen) atoms. The van der Waals surface area contributed by atoms with Gasteiger partial charge in [0, 0.05) is 19.5 Å². The minimum absolute atomic E-state index is 0. The maximum Gasteiger partial charge on any atom is 0.232 e. The fourth-order valence-electron chi connectivity index (χ4n) is 3.39. The molecule has 1 amide bonds. The summed E-state index contributed by atoms with van der Waals surface area (Å²) in [7, 11) is 0. The molecule has 1 aliphatic carbocycles. The third-order valence-electron chi connectivity index (χ3n) is 5.19. The summed E-state index contributed by atoms with van der Waals surface area (Å²) in [6, 6.07) is 8.26. The van der Waals surface area contributed by atoms with Crippen molar-refractivity contribution in [3.8, 4) is 0 Å². The van der Waals surface area contributed by atoms with Crippen LogP contribution in [0.2, 0.25) is 0 Å². The molecular weight excluding hydrogens is 340 g/mol. The minimum Gasteiger partial charge on any atom is -0.339 e. The zero-order valence-electron chi connectivity index (χ0n) is 14.3. The summed E-state index contributed by atoms with van der Waals surface area (Å²) < 4.78 is 5.41. The third-order valence-corrected chi connectivity index (χ3v) is 5.19. The Bertz CT molecular complexity index is 755. The van der Waals surface area contributed by atoms with Gasteiger partial charge >= 0.3 is 0 Å². The topological polar surface area (TPSA) is 85.2 Å². The Balaban J connectivity index is 0.00000182. The van der Waals surface area contributed by atoms with E-state index in [1.54, 1.807) is 0 Å². The number of hydrogen-bond acceptors (Lipinski definition) is 5. The molecule has 2 aliphatic rings. The number of aromatic nitrogens is 2. The number of amides is 1. The molecule has 0 bridgehead atoms. The molecule has 2 N–H and O–H groups in total. The normalized spacial score (nSPS) is 21.8. The van der Waals surface area contributed by atoms with Gasteiger partial charge in [-0.05, 0) is 31.7 Å². The summed E-state index contributed by atoms with van der Waals surface area (Å²) in [4.78, 5) is 18.7. The van der Waals surface area contributed by atoms with Crippen LogP contribution >= 0.6 is 12.4 Å². The Morgan fingerprint density at radius 3 is 2.68 bits per heavy atom. The van der Waals surface area contributed by atoms with Gasteiger partial charge in [-0.2, -0.15) is 4.98 Å². The van der Waals surface area contributed by atoms with Crippen LogP contribution < -0.4 is 5.73 Å². The van der Waals surface area contributed by atoms with Crippen molar-refractivity contribution in [1.29, 1.82) is 0 Å².